The van der Waals surface area contributed by atoms with Crippen LogP contribution in [-0.2, 0) is 19.5 Å². The molecule has 1 aliphatic heterocycles. The average molecular weight is 244 g/mol. The smallest absolute Gasteiger partial charge is 0.227 e. The summed E-state index contributed by atoms with van der Waals surface area (Å²) in [5.41, 5.74) is 9.33. The van der Waals surface area contributed by atoms with Gasteiger partial charge in [-0.25, -0.2) is 0 Å². The van der Waals surface area contributed by atoms with Crippen LogP contribution < -0.4 is 5.73 Å². The fourth-order valence-electron chi connectivity index (χ4n) is 2.34. The van der Waals surface area contributed by atoms with Crippen molar-refractivity contribution in [3.63, 3.8) is 0 Å². The largest absolute Gasteiger partial charge is 0.399 e. The van der Waals surface area contributed by atoms with Crippen LogP contribution in [0.4, 0.5) is 5.69 Å². The minimum absolute atomic E-state index is 0.697. The quantitative estimate of drug-likeness (QED) is 0.829. The van der Waals surface area contributed by atoms with Crippen molar-refractivity contribution in [3.05, 3.63) is 41.0 Å². The molecule has 5 nitrogen and oxygen atoms in total. The van der Waals surface area contributed by atoms with Crippen molar-refractivity contribution in [1.82, 2.24) is 15.0 Å². The first-order chi connectivity index (χ1) is 8.70. The second-order valence-electron chi connectivity index (χ2n) is 4.72. The standard InChI is InChI=1S/C13H16N4O/c1-9-15-13(18-16-9)4-5-17-7-10-2-3-12(14)6-11(10)8-17/h2-3,6H,4-5,7-8,14H2,1H3. The molecule has 0 bridgehead atoms. The van der Waals surface area contributed by atoms with Gasteiger partial charge in [-0.1, -0.05) is 11.2 Å². The molecule has 2 aromatic rings. The zero-order valence-electron chi connectivity index (χ0n) is 10.4. The number of hydrogen-bond donors (Lipinski definition) is 1. The lowest BCUT2D eigenvalue weighted by molar-refractivity contribution is 0.270. The van der Waals surface area contributed by atoms with E-state index in [4.69, 9.17) is 10.3 Å². The molecule has 2 N–H and O–H groups in total. The van der Waals surface area contributed by atoms with Gasteiger partial charge in [-0.3, -0.25) is 4.90 Å². The van der Waals surface area contributed by atoms with Gasteiger partial charge >= 0.3 is 0 Å². The van der Waals surface area contributed by atoms with Crippen molar-refractivity contribution in [2.75, 3.05) is 12.3 Å². The molecule has 94 valence electrons. The van der Waals surface area contributed by atoms with E-state index in [1.54, 1.807) is 0 Å². The molecule has 0 radical (unpaired) electrons. The third kappa shape index (κ3) is 2.22. The van der Waals surface area contributed by atoms with Crippen LogP contribution in [0.15, 0.2) is 22.7 Å². The number of nitrogen functional groups attached to an aromatic ring is 1. The molecule has 0 spiro atoms. The summed E-state index contributed by atoms with van der Waals surface area (Å²) < 4.78 is 5.11. The Bertz CT molecular complexity index is 564. The number of aromatic nitrogens is 2. The Morgan fingerprint density at radius 3 is 2.94 bits per heavy atom. The Hall–Kier alpha value is -1.88. The number of nitrogens with zero attached hydrogens (tertiary/aromatic N) is 3. The van der Waals surface area contributed by atoms with Crippen molar-refractivity contribution in [1.29, 1.82) is 0 Å². The van der Waals surface area contributed by atoms with Crippen LogP contribution in [0.5, 0.6) is 0 Å². The fourth-order valence-corrected chi connectivity index (χ4v) is 2.34. The normalized spacial score (nSPS) is 14.9. The highest BCUT2D eigenvalue weighted by atomic mass is 16.5. The zero-order valence-corrected chi connectivity index (χ0v) is 10.4. The lowest BCUT2D eigenvalue weighted by atomic mass is 10.1. The molecule has 0 fully saturated rings. The van der Waals surface area contributed by atoms with Crippen LogP contribution in [0.1, 0.15) is 22.8 Å². The number of anilines is 1. The van der Waals surface area contributed by atoms with Crippen molar-refractivity contribution in [2.24, 2.45) is 0 Å². The molecule has 3 rings (SSSR count). The van der Waals surface area contributed by atoms with Gasteiger partial charge in [0.15, 0.2) is 5.82 Å². The molecular formula is C13H16N4O. The van der Waals surface area contributed by atoms with Crippen LogP contribution in [0.25, 0.3) is 0 Å². The second kappa shape index (κ2) is 4.42. The highest BCUT2D eigenvalue weighted by Crippen LogP contribution is 2.24. The highest BCUT2D eigenvalue weighted by Gasteiger charge is 2.19. The number of nitrogens with two attached hydrogens (primary N) is 1. The SMILES string of the molecule is Cc1noc(CCN2Cc3ccc(N)cc3C2)n1. The minimum atomic E-state index is 0.697. The van der Waals surface area contributed by atoms with E-state index in [9.17, 15) is 0 Å². The van der Waals surface area contributed by atoms with Crippen molar-refractivity contribution >= 4 is 5.69 Å². The molecule has 0 saturated heterocycles. The highest BCUT2D eigenvalue weighted by molar-refractivity contribution is 5.46. The number of aryl methyl sites for hydroxylation is 1. The molecule has 1 aliphatic rings. The lowest BCUT2D eigenvalue weighted by Gasteiger charge is -2.12. The summed E-state index contributed by atoms with van der Waals surface area (Å²) in [6, 6.07) is 6.14. The number of hydrogen-bond acceptors (Lipinski definition) is 5. The predicted molar refractivity (Wildman–Crippen MR) is 67.7 cm³/mol. The third-order valence-corrected chi connectivity index (χ3v) is 3.23. The van der Waals surface area contributed by atoms with E-state index in [-0.39, 0.29) is 0 Å². The molecule has 1 aromatic carbocycles. The minimum Gasteiger partial charge on any atom is -0.399 e. The van der Waals surface area contributed by atoms with Gasteiger partial charge in [0.2, 0.25) is 5.89 Å². The molecule has 2 heterocycles. The number of fused-ring (bicyclic) bond motifs is 1. The van der Waals surface area contributed by atoms with E-state index in [0.29, 0.717) is 11.7 Å². The Morgan fingerprint density at radius 2 is 2.17 bits per heavy atom. The zero-order chi connectivity index (χ0) is 12.5. The molecule has 1 aromatic heterocycles. The monoisotopic (exact) mass is 244 g/mol. The Balaban J connectivity index is 1.61. The number of benzene rings is 1. The van der Waals surface area contributed by atoms with Crippen LogP contribution in [-0.4, -0.2) is 21.6 Å². The first-order valence-electron chi connectivity index (χ1n) is 6.09. The summed E-state index contributed by atoms with van der Waals surface area (Å²) in [4.78, 5) is 6.58. The molecule has 5 heteroatoms. The van der Waals surface area contributed by atoms with E-state index >= 15 is 0 Å². The van der Waals surface area contributed by atoms with E-state index < -0.39 is 0 Å². The summed E-state index contributed by atoms with van der Waals surface area (Å²) in [5.74, 6) is 1.41. The number of rotatable bonds is 3. The average Bonchev–Trinajstić information content (AvgIpc) is 2.92. The maximum Gasteiger partial charge on any atom is 0.227 e. The fraction of sp³-hybridized carbons (Fsp3) is 0.385. The Kier molecular flexibility index (Phi) is 2.76. The molecule has 0 unspecified atom stereocenters. The Morgan fingerprint density at radius 1 is 1.33 bits per heavy atom. The van der Waals surface area contributed by atoms with Crippen molar-refractivity contribution < 1.29 is 4.52 Å². The second-order valence-corrected chi connectivity index (χ2v) is 4.72. The molecule has 0 aliphatic carbocycles. The van der Waals surface area contributed by atoms with E-state index in [2.05, 4.69) is 27.2 Å². The lowest BCUT2D eigenvalue weighted by Crippen LogP contribution is -2.19. The summed E-state index contributed by atoms with van der Waals surface area (Å²) in [6.07, 6.45) is 0.796. The summed E-state index contributed by atoms with van der Waals surface area (Å²) >= 11 is 0. The van der Waals surface area contributed by atoms with Gasteiger partial charge in [0, 0.05) is 31.7 Å². The van der Waals surface area contributed by atoms with E-state index in [1.165, 1.54) is 11.1 Å². The summed E-state index contributed by atoms with van der Waals surface area (Å²) in [5, 5.41) is 3.79. The van der Waals surface area contributed by atoms with Gasteiger partial charge in [0.25, 0.3) is 0 Å². The van der Waals surface area contributed by atoms with Gasteiger partial charge in [0.1, 0.15) is 0 Å². The maximum absolute atomic E-state index is 5.79. The molecule has 0 atom stereocenters. The van der Waals surface area contributed by atoms with Crippen LogP contribution in [0, 0.1) is 6.92 Å². The van der Waals surface area contributed by atoms with E-state index in [0.717, 1.165) is 31.7 Å². The summed E-state index contributed by atoms with van der Waals surface area (Å²) in [7, 11) is 0. The third-order valence-electron chi connectivity index (χ3n) is 3.23. The maximum atomic E-state index is 5.79. The van der Waals surface area contributed by atoms with Gasteiger partial charge in [-0.05, 0) is 30.2 Å². The predicted octanol–water partition coefficient (Wildman–Crippen LogP) is 1.52. The van der Waals surface area contributed by atoms with Gasteiger partial charge in [0.05, 0.1) is 0 Å². The van der Waals surface area contributed by atoms with Gasteiger partial charge in [-0.15, -0.1) is 0 Å². The van der Waals surface area contributed by atoms with Gasteiger partial charge < -0.3 is 10.3 Å². The van der Waals surface area contributed by atoms with Crippen LogP contribution in [0.3, 0.4) is 0 Å². The topological polar surface area (TPSA) is 68.2 Å². The van der Waals surface area contributed by atoms with Crippen LogP contribution in [0.2, 0.25) is 0 Å². The molecule has 0 saturated carbocycles. The first kappa shape index (κ1) is 11.2. The molecular weight excluding hydrogens is 228 g/mol. The first-order valence-corrected chi connectivity index (χ1v) is 6.09. The Labute approximate surface area is 106 Å². The van der Waals surface area contributed by atoms with Crippen molar-refractivity contribution in [2.45, 2.75) is 26.4 Å². The molecule has 0 amide bonds. The molecule has 18 heavy (non-hydrogen) atoms. The van der Waals surface area contributed by atoms with Gasteiger partial charge in [-0.2, -0.15) is 4.98 Å². The van der Waals surface area contributed by atoms with E-state index in [1.807, 2.05) is 13.0 Å². The van der Waals surface area contributed by atoms with Crippen LogP contribution >= 0.6 is 0 Å². The summed E-state index contributed by atoms with van der Waals surface area (Å²) in [6.45, 7) is 4.69. The van der Waals surface area contributed by atoms with Crippen molar-refractivity contribution in [3.8, 4) is 0 Å².